The number of methoxy groups -OCH3 is 1. The van der Waals surface area contributed by atoms with Gasteiger partial charge in [0.15, 0.2) is 17.3 Å². The van der Waals surface area contributed by atoms with Crippen molar-refractivity contribution in [2.45, 2.75) is 0 Å². The average Bonchev–Trinajstić information content (AvgIpc) is 2.94. The molecule has 6 heteroatoms. The van der Waals surface area contributed by atoms with Crippen molar-refractivity contribution in [3.63, 3.8) is 0 Å². The van der Waals surface area contributed by atoms with Gasteiger partial charge in [0, 0.05) is 0 Å². The fraction of sp³-hybridized carbons (Fsp3) is 0.0769. The second kappa shape index (κ2) is 5.72. The number of furan rings is 1. The summed E-state index contributed by atoms with van der Waals surface area (Å²) in [5, 5.41) is 13.2. The number of phenols is 1. The van der Waals surface area contributed by atoms with E-state index in [-0.39, 0.29) is 11.5 Å². The highest BCUT2D eigenvalue weighted by atomic mass is 16.5. The van der Waals surface area contributed by atoms with E-state index in [9.17, 15) is 9.90 Å². The molecule has 1 aromatic carbocycles. The Morgan fingerprint density at radius 3 is 3.00 bits per heavy atom. The lowest BCUT2D eigenvalue weighted by molar-refractivity contribution is 0.0927. The monoisotopic (exact) mass is 260 g/mol. The van der Waals surface area contributed by atoms with E-state index < -0.39 is 5.91 Å². The highest BCUT2D eigenvalue weighted by Gasteiger charge is 2.06. The third-order valence-electron chi connectivity index (χ3n) is 2.33. The molecule has 2 rings (SSSR count). The van der Waals surface area contributed by atoms with Gasteiger partial charge in [0.05, 0.1) is 19.6 Å². The van der Waals surface area contributed by atoms with Crippen LogP contribution >= 0.6 is 0 Å². The smallest absolute Gasteiger partial charge is 0.307 e. The van der Waals surface area contributed by atoms with Crippen LogP contribution in [0.4, 0.5) is 0 Å². The fourth-order valence-electron chi connectivity index (χ4n) is 1.40. The number of hydrogen-bond donors (Lipinski definition) is 2. The molecule has 0 unspecified atom stereocenters. The Morgan fingerprint density at radius 1 is 1.47 bits per heavy atom. The topological polar surface area (TPSA) is 84.1 Å². The summed E-state index contributed by atoms with van der Waals surface area (Å²) in [7, 11) is 1.45. The molecule has 0 saturated heterocycles. The summed E-state index contributed by atoms with van der Waals surface area (Å²) in [5.41, 5.74) is 2.99. The van der Waals surface area contributed by atoms with Crippen LogP contribution in [0.2, 0.25) is 0 Å². The van der Waals surface area contributed by atoms with Crippen LogP contribution in [0.15, 0.2) is 46.1 Å². The molecule has 0 atom stereocenters. The number of aromatic hydroxyl groups is 1. The molecule has 0 spiro atoms. The maximum Gasteiger partial charge on any atom is 0.307 e. The Labute approximate surface area is 109 Å². The minimum atomic E-state index is -0.438. The van der Waals surface area contributed by atoms with Crippen molar-refractivity contribution >= 4 is 12.1 Å². The van der Waals surface area contributed by atoms with Gasteiger partial charge >= 0.3 is 5.91 Å². The Balaban J connectivity index is 2.01. The van der Waals surface area contributed by atoms with Gasteiger partial charge in [0.25, 0.3) is 0 Å². The molecule has 0 saturated carbocycles. The van der Waals surface area contributed by atoms with E-state index in [0.29, 0.717) is 11.3 Å². The molecule has 0 radical (unpaired) electrons. The lowest BCUT2D eigenvalue weighted by Crippen LogP contribution is -2.16. The van der Waals surface area contributed by atoms with E-state index >= 15 is 0 Å². The summed E-state index contributed by atoms with van der Waals surface area (Å²) in [6.07, 6.45) is 2.84. The van der Waals surface area contributed by atoms with Gasteiger partial charge in [-0.2, -0.15) is 5.10 Å². The van der Waals surface area contributed by atoms with E-state index in [1.54, 1.807) is 18.2 Å². The average molecular weight is 260 g/mol. The normalized spacial score (nSPS) is 10.6. The zero-order chi connectivity index (χ0) is 13.7. The minimum absolute atomic E-state index is 0.0410. The molecule has 0 aliphatic carbocycles. The van der Waals surface area contributed by atoms with Crippen LogP contribution in [0.3, 0.4) is 0 Å². The van der Waals surface area contributed by atoms with E-state index in [1.165, 1.54) is 31.7 Å². The van der Waals surface area contributed by atoms with Crippen LogP contribution in [-0.4, -0.2) is 24.3 Å². The zero-order valence-corrected chi connectivity index (χ0v) is 10.2. The number of carbonyl (C=O) groups is 1. The number of ether oxygens (including phenoxy) is 1. The van der Waals surface area contributed by atoms with Crippen LogP contribution in [0, 0.1) is 0 Å². The van der Waals surface area contributed by atoms with Gasteiger partial charge in [-0.25, -0.2) is 5.43 Å². The van der Waals surface area contributed by atoms with Crippen molar-refractivity contribution in [1.29, 1.82) is 0 Å². The van der Waals surface area contributed by atoms with Gasteiger partial charge < -0.3 is 14.3 Å². The molecule has 1 amide bonds. The predicted octanol–water partition coefficient (Wildman–Crippen LogP) is 1.76. The third kappa shape index (κ3) is 3.12. The zero-order valence-electron chi connectivity index (χ0n) is 10.2. The quantitative estimate of drug-likeness (QED) is 0.648. The third-order valence-corrected chi connectivity index (χ3v) is 2.33. The Hall–Kier alpha value is -2.76. The summed E-state index contributed by atoms with van der Waals surface area (Å²) in [5.74, 6) is 0.119. The van der Waals surface area contributed by atoms with Crippen LogP contribution in [0.25, 0.3) is 0 Å². The maximum atomic E-state index is 11.5. The van der Waals surface area contributed by atoms with Crippen molar-refractivity contribution < 1.29 is 19.1 Å². The van der Waals surface area contributed by atoms with Crippen molar-refractivity contribution in [3.05, 3.63) is 47.9 Å². The number of rotatable bonds is 4. The van der Waals surface area contributed by atoms with E-state index in [1.807, 2.05) is 0 Å². The molecule has 6 nitrogen and oxygen atoms in total. The number of hydrogen-bond acceptors (Lipinski definition) is 5. The van der Waals surface area contributed by atoms with Crippen LogP contribution in [0.5, 0.6) is 11.5 Å². The van der Waals surface area contributed by atoms with Crippen molar-refractivity contribution in [2.24, 2.45) is 5.10 Å². The lowest BCUT2D eigenvalue weighted by Gasteiger charge is -2.03. The largest absolute Gasteiger partial charge is 0.504 e. The number of hydrazone groups is 1. The second-order valence-electron chi connectivity index (χ2n) is 3.61. The summed E-state index contributed by atoms with van der Waals surface area (Å²) >= 11 is 0. The standard InChI is InChI=1S/C13H12N2O4/c1-18-12-7-9(4-5-10(12)16)8-14-15-13(17)11-3-2-6-19-11/h2-8,16H,1H3,(H,15,17). The number of nitrogens with zero attached hydrogens (tertiary/aromatic N) is 1. The van der Waals surface area contributed by atoms with Crippen LogP contribution < -0.4 is 10.2 Å². The highest BCUT2D eigenvalue weighted by molar-refractivity contribution is 5.92. The predicted molar refractivity (Wildman–Crippen MR) is 68.4 cm³/mol. The molecule has 0 fully saturated rings. The van der Waals surface area contributed by atoms with Gasteiger partial charge in [-0.3, -0.25) is 4.79 Å². The molecule has 19 heavy (non-hydrogen) atoms. The number of benzene rings is 1. The van der Waals surface area contributed by atoms with Gasteiger partial charge in [-0.05, 0) is 35.9 Å². The Kier molecular flexibility index (Phi) is 3.82. The van der Waals surface area contributed by atoms with Crippen LogP contribution in [-0.2, 0) is 0 Å². The lowest BCUT2D eigenvalue weighted by atomic mass is 10.2. The van der Waals surface area contributed by atoms with Gasteiger partial charge in [-0.15, -0.1) is 0 Å². The molecule has 0 aliphatic heterocycles. The number of phenolic OH excluding ortho intramolecular Hbond substituents is 1. The van der Waals surface area contributed by atoms with Gasteiger partial charge in [-0.1, -0.05) is 0 Å². The SMILES string of the molecule is COc1cc(C=NNC(=O)c2ccco2)ccc1O. The molecular formula is C13H12N2O4. The summed E-state index contributed by atoms with van der Waals surface area (Å²) in [6.45, 7) is 0. The molecule has 98 valence electrons. The van der Waals surface area contributed by atoms with Crippen LogP contribution in [0.1, 0.15) is 16.1 Å². The Morgan fingerprint density at radius 2 is 2.32 bits per heavy atom. The first-order valence-corrected chi connectivity index (χ1v) is 5.44. The molecular weight excluding hydrogens is 248 g/mol. The summed E-state index contributed by atoms with van der Waals surface area (Å²) < 4.78 is 9.87. The summed E-state index contributed by atoms with van der Waals surface area (Å²) in [6, 6.07) is 7.87. The summed E-state index contributed by atoms with van der Waals surface area (Å²) in [4.78, 5) is 11.5. The highest BCUT2D eigenvalue weighted by Crippen LogP contribution is 2.25. The fourth-order valence-corrected chi connectivity index (χ4v) is 1.40. The van der Waals surface area contributed by atoms with Crippen molar-refractivity contribution in [3.8, 4) is 11.5 Å². The van der Waals surface area contributed by atoms with Gasteiger partial charge in [0.2, 0.25) is 0 Å². The van der Waals surface area contributed by atoms with Crippen molar-refractivity contribution in [2.75, 3.05) is 7.11 Å². The molecule has 0 bridgehead atoms. The Bertz CT molecular complexity index is 591. The first-order chi connectivity index (χ1) is 9.20. The van der Waals surface area contributed by atoms with E-state index in [4.69, 9.17) is 9.15 Å². The number of carbonyl (C=O) groups excluding carboxylic acids is 1. The first kappa shape index (κ1) is 12.7. The van der Waals surface area contributed by atoms with E-state index in [2.05, 4.69) is 10.5 Å². The second-order valence-corrected chi connectivity index (χ2v) is 3.61. The molecule has 2 N–H and O–H groups in total. The number of nitrogens with one attached hydrogen (secondary N) is 1. The minimum Gasteiger partial charge on any atom is -0.504 e. The van der Waals surface area contributed by atoms with E-state index in [0.717, 1.165) is 0 Å². The number of amides is 1. The van der Waals surface area contributed by atoms with Gasteiger partial charge in [0.1, 0.15) is 0 Å². The first-order valence-electron chi connectivity index (χ1n) is 5.44. The maximum absolute atomic E-state index is 11.5. The van der Waals surface area contributed by atoms with Crippen molar-refractivity contribution in [1.82, 2.24) is 5.43 Å². The molecule has 1 aromatic heterocycles. The molecule has 0 aliphatic rings. The molecule has 1 heterocycles. The molecule has 2 aromatic rings.